The Kier molecular flexibility index (Phi) is 10.7. The molecule has 1 aromatic rings. The van der Waals surface area contributed by atoms with Gasteiger partial charge in [-0.05, 0) is 74.0 Å². The van der Waals surface area contributed by atoms with Gasteiger partial charge in [0.05, 0.1) is 13.7 Å². The van der Waals surface area contributed by atoms with E-state index in [4.69, 9.17) is 14.2 Å². The van der Waals surface area contributed by atoms with E-state index in [2.05, 4.69) is 32.9 Å². The van der Waals surface area contributed by atoms with Gasteiger partial charge in [-0.1, -0.05) is 51.5 Å². The number of carbonyl (C=O) groups is 1. The van der Waals surface area contributed by atoms with Crippen LogP contribution < -0.4 is 4.74 Å². The second kappa shape index (κ2) is 13.7. The van der Waals surface area contributed by atoms with Gasteiger partial charge in [0.1, 0.15) is 17.6 Å². The van der Waals surface area contributed by atoms with Crippen molar-refractivity contribution in [2.75, 3.05) is 13.7 Å². The maximum absolute atomic E-state index is 12.5. The minimum Gasteiger partial charge on any atom is -0.497 e. The van der Waals surface area contributed by atoms with Crippen LogP contribution in [0.25, 0.3) is 0 Å². The Morgan fingerprint density at radius 2 is 1.88 bits per heavy atom. The third-order valence-corrected chi connectivity index (χ3v) is 7.34. The van der Waals surface area contributed by atoms with E-state index < -0.39 is 0 Å². The highest BCUT2D eigenvalue weighted by Gasteiger charge is 2.34. The number of ether oxygens (including phenoxy) is 3. The van der Waals surface area contributed by atoms with Crippen LogP contribution in [0, 0.1) is 23.7 Å². The number of unbranched alkanes of at least 4 members (excludes halogenated alkanes) is 2. The number of allylic oxidation sites excluding steroid dienone is 4. The molecule has 1 fully saturated rings. The Balaban J connectivity index is 1.28. The molecule has 0 saturated heterocycles. The number of hydrogen-bond donors (Lipinski definition) is 0. The van der Waals surface area contributed by atoms with Crippen molar-refractivity contribution in [3.8, 4) is 5.75 Å². The zero-order valence-electron chi connectivity index (χ0n) is 21.6. The van der Waals surface area contributed by atoms with Gasteiger partial charge in [-0.15, -0.1) is 0 Å². The fraction of sp³-hybridized carbons (Fsp3) is 0.633. The highest BCUT2D eigenvalue weighted by atomic mass is 16.5. The van der Waals surface area contributed by atoms with Crippen LogP contribution in [0.1, 0.15) is 77.7 Å². The monoisotopic (exact) mass is 468 g/mol. The molecular formula is C30H44O4. The molecule has 0 aromatic heterocycles. The zero-order chi connectivity index (χ0) is 24.3. The number of carbonyl (C=O) groups excluding carboxylic acids is 1. The molecule has 1 aromatic carbocycles. The molecule has 4 heteroatoms. The van der Waals surface area contributed by atoms with Crippen LogP contribution in [0.5, 0.6) is 5.75 Å². The maximum atomic E-state index is 12.5. The van der Waals surface area contributed by atoms with Crippen molar-refractivity contribution >= 4 is 5.78 Å². The lowest BCUT2D eigenvalue weighted by Gasteiger charge is -2.37. The first-order valence-corrected chi connectivity index (χ1v) is 13.2. The predicted octanol–water partition coefficient (Wildman–Crippen LogP) is 7.28. The lowest BCUT2D eigenvalue weighted by Crippen LogP contribution is -2.34. The van der Waals surface area contributed by atoms with Crippen LogP contribution in [0.3, 0.4) is 0 Å². The van der Waals surface area contributed by atoms with Crippen molar-refractivity contribution in [1.82, 2.24) is 0 Å². The van der Waals surface area contributed by atoms with Crippen LogP contribution in [0.2, 0.25) is 0 Å². The fourth-order valence-electron chi connectivity index (χ4n) is 5.16. The minimum atomic E-state index is 0.0533. The number of ketones is 1. The van der Waals surface area contributed by atoms with Crippen molar-refractivity contribution in [3.05, 3.63) is 53.8 Å². The first kappa shape index (κ1) is 26.5. The van der Waals surface area contributed by atoms with Gasteiger partial charge in [0.25, 0.3) is 0 Å². The number of hydrogen-bond acceptors (Lipinski definition) is 4. The first-order chi connectivity index (χ1) is 16.5. The molecule has 0 spiro atoms. The van der Waals surface area contributed by atoms with E-state index in [1.54, 1.807) is 13.2 Å². The molecule has 0 aliphatic heterocycles. The van der Waals surface area contributed by atoms with E-state index in [1.807, 2.05) is 24.3 Å². The molecular weight excluding hydrogens is 424 g/mol. The average Bonchev–Trinajstić information content (AvgIpc) is 3.16. The van der Waals surface area contributed by atoms with Crippen molar-refractivity contribution < 1.29 is 19.0 Å². The van der Waals surface area contributed by atoms with Gasteiger partial charge in [-0.2, -0.15) is 0 Å². The lowest BCUT2D eigenvalue weighted by molar-refractivity contribution is -0.117. The fourth-order valence-corrected chi connectivity index (χ4v) is 5.16. The third kappa shape index (κ3) is 8.30. The van der Waals surface area contributed by atoms with E-state index in [0.29, 0.717) is 24.4 Å². The predicted molar refractivity (Wildman–Crippen MR) is 138 cm³/mol. The van der Waals surface area contributed by atoms with E-state index in [0.717, 1.165) is 62.2 Å². The van der Waals surface area contributed by atoms with Crippen LogP contribution >= 0.6 is 0 Å². The number of methoxy groups -OCH3 is 1. The van der Waals surface area contributed by atoms with Crippen molar-refractivity contribution in [1.29, 1.82) is 0 Å². The Bertz CT molecular complexity index is 808. The molecule has 4 atom stereocenters. The molecule has 2 aliphatic rings. The van der Waals surface area contributed by atoms with Crippen LogP contribution in [-0.2, 0) is 20.9 Å². The number of rotatable bonds is 13. The smallest absolute Gasteiger partial charge is 0.162 e. The summed E-state index contributed by atoms with van der Waals surface area (Å²) in [5.41, 5.74) is 1.16. The van der Waals surface area contributed by atoms with Gasteiger partial charge in [0, 0.05) is 25.0 Å². The van der Waals surface area contributed by atoms with Crippen molar-refractivity contribution in [2.24, 2.45) is 23.7 Å². The molecule has 4 nitrogen and oxygen atoms in total. The van der Waals surface area contributed by atoms with E-state index in [-0.39, 0.29) is 17.8 Å². The molecule has 188 valence electrons. The summed E-state index contributed by atoms with van der Waals surface area (Å²) < 4.78 is 17.4. The molecule has 0 amide bonds. The summed E-state index contributed by atoms with van der Waals surface area (Å²) in [5, 5.41) is 0. The number of benzene rings is 1. The molecule has 0 N–H and O–H groups in total. The molecule has 0 radical (unpaired) electrons. The Morgan fingerprint density at radius 3 is 2.62 bits per heavy atom. The van der Waals surface area contributed by atoms with Crippen molar-refractivity contribution in [3.63, 3.8) is 0 Å². The largest absolute Gasteiger partial charge is 0.497 e. The van der Waals surface area contributed by atoms with E-state index in [1.165, 1.54) is 12.8 Å². The quantitative estimate of drug-likeness (QED) is 0.225. The summed E-state index contributed by atoms with van der Waals surface area (Å²) in [6, 6.07) is 8.00. The average molecular weight is 469 g/mol. The standard InChI is InChI=1S/C30H44O4/c1-22(2)28-16-11-23(3)18-30(28)34-27-19-25(29(31)20-27)10-8-6-5-7-9-17-33-21-24-12-14-26(32-4)15-13-24/h6,8,12-15,20,22-23,25,28,30H,5,7,9-11,16-19,21H2,1-4H3/b8-6-/t23-,25+,28+,30-/m1/s1. The second-order valence-corrected chi connectivity index (χ2v) is 10.5. The van der Waals surface area contributed by atoms with Crippen molar-refractivity contribution in [2.45, 2.75) is 84.8 Å². The summed E-state index contributed by atoms with van der Waals surface area (Å²) in [6.45, 7) is 8.32. The molecule has 2 aliphatic carbocycles. The van der Waals surface area contributed by atoms with Gasteiger partial charge in [-0.25, -0.2) is 0 Å². The summed E-state index contributed by atoms with van der Waals surface area (Å²) in [7, 11) is 1.68. The molecule has 34 heavy (non-hydrogen) atoms. The van der Waals surface area contributed by atoms with Gasteiger partial charge in [0.2, 0.25) is 0 Å². The highest BCUT2D eigenvalue weighted by molar-refractivity contribution is 5.94. The summed E-state index contributed by atoms with van der Waals surface area (Å²) in [5.74, 6) is 4.02. The van der Waals surface area contributed by atoms with Crippen LogP contribution in [-0.4, -0.2) is 25.6 Å². The molecule has 0 unspecified atom stereocenters. The van der Waals surface area contributed by atoms with Gasteiger partial charge in [-0.3, -0.25) is 4.79 Å². The van der Waals surface area contributed by atoms with Crippen LogP contribution in [0.15, 0.2) is 48.3 Å². The normalized spacial score (nSPS) is 25.2. The Hall–Kier alpha value is -2.07. The molecule has 3 rings (SSSR count). The summed E-state index contributed by atoms with van der Waals surface area (Å²) in [6.07, 6.45) is 14.8. The van der Waals surface area contributed by atoms with E-state index in [9.17, 15) is 4.79 Å². The van der Waals surface area contributed by atoms with E-state index >= 15 is 0 Å². The molecule has 0 bridgehead atoms. The maximum Gasteiger partial charge on any atom is 0.162 e. The second-order valence-electron chi connectivity index (χ2n) is 10.5. The van der Waals surface area contributed by atoms with Gasteiger partial charge >= 0.3 is 0 Å². The summed E-state index contributed by atoms with van der Waals surface area (Å²) in [4.78, 5) is 12.5. The lowest BCUT2D eigenvalue weighted by atomic mass is 9.75. The summed E-state index contributed by atoms with van der Waals surface area (Å²) >= 11 is 0. The topological polar surface area (TPSA) is 44.8 Å². The minimum absolute atomic E-state index is 0.0533. The van der Waals surface area contributed by atoms with Gasteiger partial charge < -0.3 is 14.2 Å². The first-order valence-electron chi connectivity index (χ1n) is 13.2. The Morgan fingerprint density at radius 1 is 1.09 bits per heavy atom. The third-order valence-electron chi connectivity index (χ3n) is 7.34. The van der Waals surface area contributed by atoms with Gasteiger partial charge in [0.15, 0.2) is 5.78 Å². The molecule has 1 saturated carbocycles. The zero-order valence-corrected chi connectivity index (χ0v) is 21.6. The highest BCUT2D eigenvalue weighted by Crippen LogP contribution is 2.38. The molecule has 0 heterocycles. The SMILES string of the molecule is COc1ccc(COCCCC/C=C\C[C@H]2CC(O[C@@H]3C[C@H](C)CC[C@H]3C(C)C)=CC2=O)cc1. The van der Waals surface area contributed by atoms with Crippen LogP contribution in [0.4, 0.5) is 0 Å². The Labute approximate surface area is 206 Å².